The first-order valence-corrected chi connectivity index (χ1v) is 12.0. The monoisotopic (exact) mass is 455 g/mol. The van der Waals surface area contributed by atoms with Crippen molar-refractivity contribution in [2.75, 3.05) is 31.5 Å². The lowest BCUT2D eigenvalue weighted by molar-refractivity contribution is -0.837. The Morgan fingerprint density at radius 1 is 1.06 bits per heavy atom. The van der Waals surface area contributed by atoms with Gasteiger partial charge in [-0.3, -0.25) is 9.69 Å². The minimum atomic E-state index is 0.163. The molecule has 2 aromatic heterocycles. The molecule has 7 nitrogen and oxygen atoms in total. The Bertz CT molecular complexity index is 1260. The summed E-state index contributed by atoms with van der Waals surface area (Å²) < 4.78 is 2.24. The van der Waals surface area contributed by atoms with Crippen molar-refractivity contribution in [1.82, 2.24) is 19.4 Å². The fourth-order valence-corrected chi connectivity index (χ4v) is 4.82. The van der Waals surface area contributed by atoms with Crippen LogP contribution in [-0.2, 0) is 4.79 Å². The highest BCUT2D eigenvalue weighted by atomic mass is 16.2. The predicted octanol–water partition coefficient (Wildman–Crippen LogP) is 3.55. The van der Waals surface area contributed by atoms with Gasteiger partial charge in [-0.25, -0.2) is 4.98 Å². The molecular formula is C27H31N6O+. The summed E-state index contributed by atoms with van der Waals surface area (Å²) in [4.78, 5) is 24.3. The Balaban J connectivity index is 1.32. The van der Waals surface area contributed by atoms with Crippen LogP contribution in [0.3, 0.4) is 0 Å². The van der Waals surface area contributed by atoms with Gasteiger partial charge in [0.15, 0.2) is 0 Å². The Morgan fingerprint density at radius 2 is 1.79 bits per heavy atom. The summed E-state index contributed by atoms with van der Waals surface area (Å²) in [5.74, 6) is 0.751. The van der Waals surface area contributed by atoms with Gasteiger partial charge in [-0.1, -0.05) is 37.3 Å². The van der Waals surface area contributed by atoms with Crippen LogP contribution < -0.4 is 10.2 Å². The maximum Gasteiger partial charge on any atom is 0.229 e. The fourth-order valence-electron chi connectivity index (χ4n) is 4.82. The number of carbonyl (C=O) groups excluding carboxylic acids is 1. The van der Waals surface area contributed by atoms with Crippen molar-refractivity contribution in [2.45, 2.75) is 26.3 Å². The van der Waals surface area contributed by atoms with Gasteiger partial charge in [-0.15, -0.1) is 0 Å². The number of nitrogens with one attached hydrogen (secondary N) is 2. The molecule has 4 aromatic rings. The summed E-state index contributed by atoms with van der Waals surface area (Å²) in [7, 11) is 0. The van der Waals surface area contributed by atoms with E-state index >= 15 is 0 Å². The molecule has 2 N–H and O–H groups in total. The molecule has 1 amide bonds. The molecule has 3 heterocycles. The highest BCUT2D eigenvalue weighted by molar-refractivity contribution is 5.77. The summed E-state index contributed by atoms with van der Waals surface area (Å²) in [5, 5.41) is 4.40. The number of hydrogen-bond donors (Lipinski definition) is 2. The second-order valence-electron chi connectivity index (χ2n) is 8.84. The third kappa shape index (κ3) is 4.52. The average Bonchev–Trinajstić information content (AvgIpc) is 3.29. The number of fused-ring (bicyclic) bond motifs is 1. The summed E-state index contributed by atoms with van der Waals surface area (Å²) in [6, 6.07) is 21.3. The van der Waals surface area contributed by atoms with Crippen molar-refractivity contribution in [3.8, 4) is 0 Å². The SMILES string of the molecule is CCC(c1ccccc1)n1ccc2cnc(Nc3ccc([NH+]4CCN(C(C)=O)CC4)cc3)nc21. The first-order chi connectivity index (χ1) is 16.6. The number of rotatable bonds is 6. The summed E-state index contributed by atoms with van der Waals surface area (Å²) in [6.45, 7) is 7.32. The zero-order chi connectivity index (χ0) is 23.5. The van der Waals surface area contributed by atoms with E-state index in [-0.39, 0.29) is 11.9 Å². The molecule has 0 bridgehead atoms. The van der Waals surface area contributed by atoms with Gasteiger partial charge in [-0.05, 0) is 30.2 Å². The van der Waals surface area contributed by atoms with E-state index in [9.17, 15) is 4.79 Å². The molecule has 1 saturated heterocycles. The number of anilines is 2. The lowest BCUT2D eigenvalue weighted by atomic mass is 10.0. The van der Waals surface area contributed by atoms with Gasteiger partial charge < -0.3 is 14.8 Å². The van der Waals surface area contributed by atoms with Crippen LogP contribution in [0.15, 0.2) is 73.1 Å². The van der Waals surface area contributed by atoms with E-state index in [1.54, 1.807) is 6.92 Å². The van der Waals surface area contributed by atoms with Gasteiger partial charge in [0.25, 0.3) is 0 Å². The van der Waals surface area contributed by atoms with Crippen molar-refractivity contribution in [1.29, 1.82) is 0 Å². The molecule has 0 spiro atoms. The highest BCUT2D eigenvalue weighted by Crippen LogP contribution is 2.27. The van der Waals surface area contributed by atoms with Crippen LogP contribution in [0.5, 0.6) is 0 Å². The average molecular weight is 456 g/mol. The zero-order valence-electron chi connectivity index (χ0n) is 19.7. The number of hydrogen-bond acceptors (Lipinski definition) is 4. The largest absolute Gasteiger partial charge is 0.332 e. The lowest BCUT2D eigenvalue weighted by Crippen LogP contribution is -3.10. The molecule has 1 aliphatic heterocycles. The van der Waals surface area contributed by atoms with Crippen molar-refractivity contribution < 1.29 is 9.69 Å². The van der Waals surface area contributed by atoms with Crippen molar-refractivity contribution in [3.05, 3.63) is 78.6 Å². The van der Waals surface area contributed by atoms with Crippen molar-refractivity contribution in [3.63, 3.8) is 0 Å². The van der Waals surface area contributed by atoms with E-state index in [0.29, 0.717) is 5.95 Å². The van der Waals surface area contributed by atoms with Crippen LogP contribution in [0.4, 0.5) is 17.3 Å². The van der Waals surface area contributed by atoms with Gasteiger partial charge in [0.05, 0.1) is 32.2 Å². The van der Waals surface area contributed by atoms with Gasteiger partial charge in [0, 0.05) is 42.5 Å². The maximum absolute atomic E-state index is 11.6. The number of amides is 1. The van der Waals surface area contributed by atoms with Crippen LogP contribution >= 0.6 is 0 Å². The van der Waals surface area contributed by atoms with E-state index in [4.69, 9.17) is 4.98 Å². The topological polar surface area (TPSA) is 67.5 Å². The number of nitrogens with zero attached hydrogens (tertiary/aromatic N) is 4. The first kappa shape index (κ1) is 22.1. The Labute approximate surface area is 200 Å². The van der Waals surface area contributed by atoms with Gasteiger partial charge >= 0.3 is 0 Å². The molecule has 0 saturated carbocycles. The van der Waals surface area contributed by atoms with Crippen LogP contribution in [-0.4, -0.2) is 51.5 Å². The summed E-state index contributed by atoms with van der Waals surface area (Å²) in [5.41, 5.74) is 4.40. The fraction of sp³-hybridized carbons (Fsp3) is 0.296. The number of carbonyl (C=O) groups is 1. The smallest absolute Gasteiger partial charge is 0.229 e. The van der Waals surface area contributed by atoms with E-state index in [0.717, 1.165) is 49.3 Å². The van der Waals surface area contributed by atoms with E-state index in [2.05, 4.69) is 82.6 Å². The van der Waals surface area contributed by atoms with Crippen molar-refractivity contribution >= 4 is 34.3 Å². The maximum atomic E-state index is 11.6. The minimum absolute atomic E-state index is 0.163. The van der Waals surface area contributed by atoms with Gasteiger partial charge in [0.2, 0.25) is 11.9 Å². The van der Waals surface area contributed by atoms with Crippen LogP contribution in [0.1, 0.15) is 31.9 Å². The normalized spacial score (nSPS) is 15.4. The molecule has 34 heavy (non-hydrogen) atoms. The Kier molecular flexibility index (Phi) is 6.27. The number of piperazine rings is 1. The molecule has 1 aliphatic rings. The van der Waals surface area contributed by atoms with Crippen LogP contribution in [0.2, 0.25) is 0 Å². The van der Waals surface area contributed by atoms with Gasteiger partial charge in [0.1, 0.15) is 11.3 Å². The van der Waals surface area contributed by atoms with Crippen LogP contribution in [0.25, 0.3) is 11.0 Å². The number of aromatic nitrogens is 3. The molecule has 5 rings (SSSR count). The zero-order valence-corrected chi connectivity index (χ0v) is 19.7. The molecule has 0 radical (unpaired) electrons. The van der Waals surface area contributed by atoms with E-state index < -0.39 is 0 Å². The molecule has 0 aliphatic carbocycles. The number of quaternary nitrogens is 1. The molecule has 174 valence electrons. The third-order valence-corrected chi connectivity index (χ3v) is 6.72. The molecule has 7 heteroatoms. The second kappa shape index (κ2) is 9.65. The second-order valence-corrected chi connectivity index (χ2v) is 8.84. The predicted molar refractivity (Wildman–Crippen MR) is 135 cm³/mol. The van der Waals surface area contributed by atoms with E-state index in [1.165, 1.54) is 16.2 Å². The number of benzene rings is 2. The third-order valence-electron chi connectivity index (χ3n) is 6.72. The first-order valence-electron chi connectivity index (χ1n) is 12.0. The molecule has 2 aromatic carbocycles. The molecule has 1 atom stereocenters. The molecule has 1 fully saturated rings. The summed E-state index contributed by atoms with van der Waals surface area (Å²) in [6.07, 6.45) is 4.96. The Morgan fingerprint density at radius 3 is 2.47 bits per heavy atom. The van der Waals surface area contributed by atoms with Gasteiger partial charge in [-0.2, -0.15) is 4.98 Å². The standard InChI is InChI=1S/C27H30N6O/c1-3-25(21-7-5-4-6-8-21)33-14-13-22-19-28-27(30-26(22)33)29-23-9-11-24(12-10-23)32-17-15-31(16-18-32)20(2)34/h4-14,19,25H,3,15-18H2,1-2H3,(H,28,29,30)/p+1. The highest BCUT2D eigenvalue weighted by Gasteiger charge is 2.23. The quantitative estimate of drug-likeness (QED) is 0.467. The summed E-state index contributed by atoms with van der Waals surface area (Å²) >= 11 is 0. The molecular weight excluding hydrogens is 424 g/mol. The van der Waals surface area contributed by atoms with Crippen molar-refractivity contribution in [2.24, 2.45) is 0 Å². The van der Waals surface area contributed by atoms with E-state index in [1.807, 2.05) is 17.2 Å². The molecule has 1 unspecified atom stereocenters. The lowest BCUT2D eigenvalue weighted by Gasteiger charge is -2.31. The Hall–Kier alpha value is -3.71. The minimum Gasteiger partial charge on any atom is -0.332 e. The van der Waals surface area contributed by atoms with Crippen LogP contribution in [0, 0.1) is 0 Å².